The number of nitrogens with one attached hydrogen (secondary N) is 1. The van der Waals surface area contributed by atoms with Gasteiger partial charge in [0, 0.05) is 26.2 Å². The first-order valence-electron chi connectivity index (χ1n) is 8.15. The second kappa shape index (κ2) is 7.31. The molecule has 0 bridgehead atoms. The van der Waals surface area contributed by atoms with E-state index in [0.717, 1.165) is 31.8 Å². The van der Waals surface area contributed by atoms with E-state index in [4.69, 9.17) is 22.1 Å². The van der Waals surface area contributed by atoms with Gasteiger partial charge in [-0.05, 0) is 48.2 Å². The first-order valence-corrected chi connectivity index (χ1v) is 10.4. The quantitative estimate of drug-likeness (QED) is 0.590. The zero-order valence-corrected chi connectivity index (χ0v) is 16.7. The molecule has 3 heterocycles. The first kappa shape index (κ1) is 18.0. The van der Waals surface area contributed by atoms with Gasteiger partial charge in [0.05, 0.1) is 11.5 Å². The number of thiophene rings is 1. The molecule has 136 valence electrons. The number of fused-ring (bicyclic) bond motifs is 1. The molecular formula is C19H15ClN4OS2. The second-order valence-corrected chi connectivity index (χ2v) is 8.52. The Morgan fingerprint density at radius 3 is 2.93 bits per heavy atom. The lowest BCUT2D eigenvalue weighted by Crippen LogP contribution is -2.20. The highest BCUT2D eigenvalue weighted by molar-refractivity contribution is 7.98. The van der Waals surface area contributed by atoms with Crippen molar-refractivity contribution in [1.29, 1.82) is 5.26 Å². The number of H-pyrrole nitrogens is 1. The van der Waals surface area contributed by atoms with Gasteiger partial charge in [-0.25, -0.2) is 0 Å². The van der Waals surface area contributed by atoms with E-state index >= 15 is 0 Å². The lowest BCUT2D eigenvalue weighted by atomic mass is 9.89. The molecule has 2 aromatic heterocycles. The molecule has 0 saturated carbocycles. The molecule has 0 amide bonds. The lowest BCUT2D eigenvalue weighted by molar-refractivity contribution is 0.379. The minimum absolute atomic E-state index is 0.118. The Balaban J connectivity index is 1.61. The van der Waals surface area contributed by atoms with Gasteiger partial charge in [0.25, 0.3) is 0 Å². The van der Waals surface area contributed by atoms with Crippen molar-refractivity contribution in [1.82, 2.24) is 10.2 Å². The minimum Gasteiger partial charge on any atom is -0.420 e. The molecule has 1 atom stereocenters. The number of hydrogen-bond acceptors (Lipinski definition) is 6. The number of ether oxygens (including phenoxy) is 1. The van der Waals surface area contributed by atoms with E-state index in [9.17, 15) is 5.26 Å². The molecule has 1 aliphatic heterocycles. The van der Waals surface area contributed by atoms with E-state index in [-0.39, 0.29) is 11.8 Å². The van der Waals surface area contributed by atoms with E-state index in [0.29, 0.717) is 11.5 Å². The summed E-state index contributed by atoms with van der Waals surface area (Å²) >= 11 is 9.30. The molecule has 5 nitrogen and oxygen atoms in total. The smallest absolute Gasteiger partial charge is 0.244 e. The number of hydrogen-bond donors (Lipinski definition) is 2. The third-order valence-corrected chi connectivity index (χ3v) is 6.69. The summed E-state index contributed by atoms with van der Waals surface area (Å²) in [6, 6.07) is 12.1. The highest BCUT2D eigenvalue weighted by Gasteiger charge is 2.35. The summed E-state index contributed by atoms with van der Waals surface area (Å²) in [5, 5.41) is 19.6. The molecule has 8 heteroatoms. The van der Waals surface area contributed by atoms with Crippen molar-refractivity contribution in [2.75, 3.05) is 0 Å². The summed E-state index contributed by atoms with van der Waals surface area (Å²) in [6.07, 6.45) is 0. The van der Waals surface area contributed by atoms with E-state index in [1.807, 2.05) is 31.2 Å². The van der Waals surface area contributed by atoms with Gasteiger partial charge >= 0.3 is 0 Å². The van der Waals surface area contributed by atoms with Crippen LogP contribution in [-0.2, 0) is 5.75 Å². The molecule has 0 aliphatic carbocycles. The molecule has 0 fully saturated rings. The zero-order chi connectivity index (χ0) is 19.0. The number of nitriles is 1. The van der Waals surface area contributed by atoms with Crippen LogP contribution >= 0.6 is 34.7 Å². The van der Waals surface area contributed by atoms with Gasteiger partial charge in [-0.1, -0.05) is 11.6 Å². The van der Waals surface area contributed by atoms with Crippen LogP contribution in [0, 0.1) is 18.3 Å². The summed E-state index contributed by atoms with van der Waals surface area (Å²) in [6.45, 7) is 1.92. The number of benzene rings is 1. The number of aryl methyl sites for hydroxylation is 1. The van der Waals surface area contributed by atoms with E-state index in [1.165, 1.54) is 5.56 Å². The molecule has 3 N–H and O–H groups in total. The minimum atomic E-state index is -0.253. The van der Waals surface area contributed by atoms with Gasteiger partial charge in [-0.3, -0.25) is 5.10 Å². The van der Waals surface area contributed by atoms with E-state index in [1.54, 1.807) is 23.1 Å². The second-order valence-electron chi connectivity index (χ2n) is 6.09. The average molecular weight is 415 g/mol. The summed E-state index contributed by atoms with van der Waals surface area (Å²) in [5.74, 6) is 1.14. The van der Waals surface area contributed by atoms with Crippen molar-refractivity contribution >= 4 is 34.7 Å². The fourth-order valence-electron chi connectivity index (χ4n) is 3.00. The Labute approximate surface area is 169 Å². The molecule has 27 heavy (non-hydrogen) atoms. The van der Waals surface area contributed by atoms with E-state index < -0.39 is 0 Å². The summed E-state index contributed by atoms with van der Waals surface area (Å²) in [4.78, 5) is 2.21. The third kappa shape index (κ3) is 3.44. The fourth-order valence-corrected chi connectivity index (χ4v) is 5.09. The molecule has 0 spiro atoms. The Morgan fingerprint density at radius 2 is 2.19 bits per heavy atom. The number of nitrogens with zero attached hydrogens (tertiary/aromatic N) is 2. The van der Waals surface area contributed by atoms with Crippen molar-refractivity contribution in [2.24, 2.45) is 5.73 Å². The van der Waals surface area contributed by atoms with Gasteiger partial charge in [0.2, 0.25) is 11.8 Å². The first-order chi connectivity index (χ1) is 13.1. The Kier molecular flexibility index (Phi) is 4.87. The molecular weight excluding hydrogens is 400 g/mol. The number of nitrogens with two attached hydrogens (primary N) is 1. The fraction of sp³-hybridized carbons (Fsp3) is 0.158. The van der Waals surface area contributed by atoms with Gasteiger partial charge < -0.3 is 10.5 Å². The van der Waals surface area contributed by atoms with Crippen LogP contribution in [0.15, 0.2) is 52.1 Å². The monoisotopic (exact) mass is 414 g/mol. The topological polar surface area (TPSA) is 87.7 Å². The largest absolute Gasteiger partial charge is 0.420 e. The number of halogens is 1. The maximum Gasteiger partial charge on any atom is 0.244 e. The van der Waals surface area contributed by atoms with Crippen LogP contribution in [0.1, 0.15) is 27.6 Å². The van der Waals surface area contributed by atoms with Gasteiger partial charge in [-0.2, -0.15) is 5.26 Å². The SMILES string of the molecule is Cc1[nH]nc2c1[C@H](c1cc(CSc3ccc(Cl)cc3)cs1)C(C#N)=C(N)O2. The summed E-state index contributed by atoms with van der Waals surface area (Å²) in [7, 11) is 0. The number of allylic oxidation sites excluding steroid dienone is 1. The lowest BCUT2D eigenvalue weighted by Gasteiger charge is -2.22. The van der Waals surface area contributed by atoms with Crippen molar-refractivity contribution < 1.29 is 4.74 Å². The highest BCUT2D eigenvalue weighted by atomic mass is 35.5. The van der Waals surface area contributed by atoms with Crippen LogP contribution in [0.3, 0.4) is 0 Å². The molecule has 0 radical (unpaired) electrons. The maximum atomic E-state index is 9.62. The number of aromatic amines is 1. The van der Waals surface area contributed by atoms with Gasteiger partial charge in [-0.15, -0.1) is 28.2 Å². The Morgan fingerprint density at radius 1 is 1.41 bits per heavy atom. The molecule has 4 rings (SSSR count). The van der Waals surface area contributed by atoms with Crippen LogP contribution < -0.4 is 10.5 Å². The van der Waals surface area contributed by atoms with Crippen LogP contribution in [-0.4, -0.2) is 10.2 Å². The van der Waals surface area contributed by atoms with Crippen molar-refractivity contribution in [3.63, 3.8) is 0 Å². The standard InChI is InChI=1S/C19H15ClN4OS2/c1-10-16-17(14(7-21)18(22)25-19(16)24-23-10)15-6-11(9-27-15)8-26-13-4-2-12(20)3-5-13/h2-6,9,17H,8,22H2,1H3,(H,23,24)/t17-/m0/s1. The summed E-state index contributed by atoms with van der Waals surface area (Å²) < 4.78 is 5.51. The van der Waals surface area contributed by atoms with Crippen molar-refractivity contribution in [3.05, 3.63) is 73.9 Å². The maximum absolute atomic E-state index is 9.62. The molecule has 1 aliphatic rings. The molecule has 1 aromatic carbocycles. The zero-order valence-electron chi connectivity index (χ0n) is 14.3. The predicted molar refractivity (Wildman–Crippen MR) is 108 cm³/mol. The number of thioether (sulfide) groups is 1. The predicted octanol–water partition coefficient (Wildman–Crippen LogP) is 4.94. The van der Waals surface area contributed by atoms with Crippen molar-refractivity contribution in [3.8, 4) is 11.9 Å². The molecule has 0 unspecified atom stereocenters. The molecule has 3 aromatic rings. The average Bonchev–Trinajstić information content (AvgIpc) is 3.27. The number of aromatic nitrogens is 2. The van der Waals surface area contributed by atoms with Crippen LogP contribution in [0.2, 0.25) is 5.02 Å². The normalized spacial score (nSPS) is 16.0. The van der Waals surface area contributed by atoms with Gasteiger partial charge in [0.1, 0.15) is 11.6 Å². The third-order valence-electron chi connectivity index (χ3n) is 4.31. The van der Waals surface area contributed by atoms with Gasteiger partial charge in [0.15, 0.2) is 0 Å². The Hall–Kier alpha value is -2.40. The highest BCUT2D eigenvalue weighted by Crippen LogP contribution is 2.44. The van der Waals surface area contributed by atoms with Crippen LogP contribution in [0.5, 0.6) is 5.88 Å². The Bertz CT molecular complexity index is 1060. The van der Waals surface area contributed by atoms with Crippen LogP contribution in [0.4, 0.5) is 0 Å². The van der Waals surface area contributed by atoms with Crippen LogP contribution in [0.25, 0.3) is 0 Å². The summed E-state index contributed by atoms with van der Waals surface area (Å²) in [5.41, 5.74) is 9.33. The van der Waals surface area contributed by atoms with E-state index in [2.05, 4.69) is 27.7 Å². The number of rotatable bonds is 4. The molecule has 0 saturated heterocycles. The van der Waals surface area contributed by atoms with Crippen molar-refractivity contribution in [2.45, 2.75) is 23.5 Å².